The number of hydrogen-bond donors (Lipinski definition) is 1. The van der Waals surface area contributed by atoms with Crippen molar-refractivity contribution in [2.24, 2.45) is 5.16 Å². The summed E-state index contributed by atoms with van der Waals surface area (Å²) >= 11 is 1.19. The van der Waals surface area contributed by atoms with Crippen LogP contribution in [0.15, 0.2) is 53.0 Å². The number of carbonyl (C=O) groups is 1. The third-order valence-corrected chi connectivity index (χ3v) is 5.05. The summed E-state index contributed by atoms with van der Waals surface area (Å²) < 4.78 is 32.2. The Hall–Kier alpha value is -3.33. The fraction of sp³-hybridized carbons (Fsp3) is 0.150. The second-order valence-corrected chi connectivity index (χ2v) is 7.08. The molecule has 0 spiro atoms. The molecule has 148 valence electrons. The molecular weight excluding hydrogens is 400 g/mol. The van der Waals surface area contributed by atoms with Crippen molar-refractivity contribution in [3.05, 3.63) is 65.0 Å². The first-order valence-corrected chi connectivity index (χ1v) is 9.50. The number of benzene rings is 2. The molecule has 2 heterocycles. The van der Waals surface area contributed by atoms with E-state index in [1.165, 1.54) is 48.8 Å². The smallest absolute Gasteiger partial charge is 0.270 e. The zero-order chi connectivity index (χ0) is 20.4. The minimum Gasteiger partial charge on any atom is -0.496 e. The first kappa shape index (κ1) is 19.0. The lowest BCUT2D eigenvalue weighted by atomic mass is 10.0. The Morgan fingerprint density at radius 2 is 2.07 bits per heavy atom. The number of methoxy groups -OCH3 is 1. The number of halogens is 2. The lowest BCUT2D eigenvalue weighted by Crippen LogP contribution is -2.28. The number of thiazole rings is 1. The molecule has 1 aliphatic heterocycles. The van der Waals surface area contributed by atoms with Gasteiger partial charge in [0, 0.05) is 22.9 Å². The number of aromatic nitrogens is 1. The second-order valence-electron chi connectivity index (χ2n) is 6.22. The molecule has 0 aliphatic carbocycles. The number of nitrogens with one attached hydrogen (secondary N) is 1. The minimum atomic E-state index is -0.843. The van der Waals surface area contributed by atoms with Gasteiger partial charge in [-0.25, -0.2) is 13.8 Å². The highest BCUT2D eigenvalue weighted by atomic mass is 32.1. The van der Waals surface area contributed by atoms with Gasteiger partial charge in [-0.15, -0.1) is 11.3 Å². The van der Waals surface area contributed by atoms with Crippen molar-refractivity contribution in [1.82, 2.24) is 4.98 Å². The van der Waals surface area contributed by atoms with Gasteiger partial charge < -0.3 is 9.57 Å². The Kier molecular flexibility index (Phi) is 5.22. The summed E-state index contributed by atoms with van der Waals surface area (Å²) in [5.74, 6) is -0.754. The first-order chi connectivity index (χ1) is 14.0. The molecule has 1 amide bonds. The zero-order valence-electron chi connectivity index (χ0n) is 15.2. The van der Waals surface area contributed by atoms with Crippen LogP contribution in [0.5, 0.6) is 5.75 Å². The fourth-order valence-corrected chi connectivity index (χ4v) is 3.59. The van der Waals surface area contributed by atoms with Gasteiger partial charge in [-0.3, -0.25) is 10.1 Å². The Labute approximate surface area is 168 Å². The number of anilines is 1. The highest BCUT2D eigenvalue weighted by molar-refractivity contribution is 7.14. The van der Waals surface area contributed by atoms with Gasteiger partial charge in [0.05, 0.1) is 18.5 Å². The number of amides is 1. The van der Waals surface area contributed by atoms with Gasteiger partial charge in [-0.05, 0) is 30.3 Å². The Bertz CT molecular complexity index is 1100. The number of hydrogen-bond acceptors (Lipinski definition) is 6. The number of nitrogens with zero attached hydrogens (tertiary/aromatic N) is 2. The van der Waals surface area contributed by atoms with Crippen LogP contribution >= 0.6 is 11.3 Å². The molecule has 4 rings (SSSR count). The molecule has 29 heavy (non-hydrogen) atoms. The molecule has 3 aromatic rings. The maximum Gasteiger partial charge on any atom is 0.270 e. The normalized spacial score (nSPS) is 15.6. The summed E-state index contributed by atoms with van der Waals surface area (Å²) in [5.41, 5.74) is 2.02. The van der Waals surface area contributed by atoms with Crippen molar-refractivity contribution in [3.8, 4) is 17.0 Å². The van der Waals surface area contributed by atoms with Gasteiger partial charge in [0.2, 0.25) is 6.10 Å². The fourth-order valence-electron chi connectivity index (χ4n) is 2.88. The van der Waals surface area contributed by atoms with Gasteiger partial charge in [-0.1, -0.05) is 17.3 Å². The van der Waals surface area contributed by atoms with E-state index in [4.69, 9.17) is 9.57 Å². The van der Waals surface area contributed by atoms with E-state index in [9.17, 15) is 13.6 Å². The maximum absolute atomic E-state index is 13.6. The lowest BCUT2D eigenvalue weighted by Gasteiger charge is -2.07. The Morgan fingerprint density at radius 1 is 1.24 bits per heavy atom. The van der Waals surface area contributed by atoms with E-state index in [1.54, 1.807) is 17.5 Å². The first-order valence-electron chi connectivity index (χ1n) is 8.62. The van der Waals surface area contributed by atoms with Crippen LogP contribution in [0.2, 0.25) is 0 Å². The summed E-state index contributed by atoms with van der Waals surface area (Å²) in [6.07, 6.45) is -0.630. The average Bonchev–Trinajstić information content (AvgIpc) is 3.38. The lowest BCUT2D eigenvalue weighted by molar-refractivity contribution is -0.125. The SMILES string of the molecule is COc1ccc(F)cc1-c1csc(NC(=O)C2CC(c3cccc(F)c3)=NO2)n1. The van der Waals surface area contributed by atoms with Crippen LogP contribution in [-0.2, 0) is 9.63 Å². The number of oxime groups is 1. The molecule has 0 saturated carbocycles. The summed E-state index contributed by atoms with van der Waals surface area (Å²) in [4.78, 5) is 22.0. The number of ether oxygens (including phenoxy) is 1. The summed E-state index contributed by atoms with van der Waals surface area (Å²) in [6.45, 7) is 0. The van der Waals surface area contributed by atoms with Crippen LogP contribution in [0.3, 0.4) is 0 Å². The molecule has 6 nitrogen and oxygen atoms in total. The van der Waals surface area contributed by atoms with Crippen molar-refractivity contribution in [2.75, 3.05) is 12.4 Å². The van der Waals surface area contributed by atoms with Crippen LogP contribution in [0.25, 0.3) is 11.3 Å². The topological polar surface area (TPSA) is 72.8 Å². The van der Waals surface area contributed by atoms with E-state index in [-0.39, 0.29) is 12.2 Å². The molecule has 0 radical (unpaired) electrons. The molecular formula is C20H15F2N3O3S. The Morgan fingerprint density at radius 3 is 2.86 bits per heavy atom. The summed E-state index contributed by atoms with van der Waals surface area (Å²) in [6, 6.07) is 10.1. The van der Waals surface area contributed by atoms with Gasteiger partial charge >= 0.3 is 0 Å². The van der Waals surface area contributed by atoms with E-state index in [0.717, 1.165) is 0 Å². The van der Waals surface area contributed by atoms with Crippen LogP contribution < -0.4 is 10.1 Å². The van der Waals surface area contributed by atoms with E-state index >= 15 is 0 Å². The van der Waals surface area contributed by atoms with Crippen molar-refractivity contribution >= 4 is 28.1 Å². The number of rotatable bonds is 5. The van der Waals surface area contributed by atoms with E-state index in [2.05, 4.69) is 15.5 Å². The van der Waals surface area contributed by atoms with Crippen molar-refractivity contribution < 1.29 is 23.1 Å². The highest BCUT2D eigenvalue weighted by Gasteiger charge is 2.29. The predicted molar refractivity (Wildman–Crippen MR) is 105 cm³/mol. The monoisotopic (exact) mass is 415 g/mol. The predicted octanol–water partition coefficient (Wildman–Crippen LogP) is 4.23. The van der Waals surface area contributed by atoms with Crippen LogP contribution in [0, 0.1) is 11.6 Å². The molecule has 2 aromatic carbocycles. The van der Waals surface area contributed by atoms with Crippen LogP contribution in [0.4, 0.5) is 13.9 Å². The van der Waals surface area contributed by atoms with Crippen LogP contribution in [-0.4, -0.2) is 29.8 Å². The van der Waals surface area contributed by atoms with Gasteiger partial charge in [0.1, 0.15) is 17.4 Å². The summed E-state index contributed by atoms with van der Waals surface area (Å²) in [5, 5.41) is 8.59. The molecule has 1 aromatic heterocycles. The van der Waals surface area contributed by atoms with E-state index in [1.807, 2.05) is 0 Å². The second kappa shape index (κ2) is 7.96. The molecule has 9 heteroatoms. The molecule has 1 N–H and O–H groups in total. The standard InChI is InChI=1S/C20H15F2N3O3S/c1-27-17-6-5-13(22)8-14(17)16-10-29-20(23-16)24-19(26)18-9-15(25-28-18)11-3-2-4-12(21)7-11/h2-8,10,18H,9H2,1H3,(H,23,24,26). The molecule has 1 atom stereocenters. The maximum atomic E-state index is 13.6. The average molecular weight is 415 g/mol. The molecule has 0 fully saturated rings. The van der Waals surface area contributed by atoms with Crippen molar-refractivity contribution in [1.29, 1.82) is 0 Å². The summed E-state index contributed by atoms with van der Waals surface area (Å²) in [7, 11) is 1.49. The van der Waals surface area contributed by atoms with Gasteiger partial charge in [0.15, 0.2) is 5.13 Å². The van der Waals surface area contributed by atoms with Crippen molar-refractivity contribution in [3.63, 3.8) is 0 Å². The van der Waals surface area contributed by atoms with E-state index < -0.39 is 17.8 Å². The third-order valence-electron chi connectivity index (χ3n) is 4.29. The number of carbonyl (C=O) groups excluding carboxylic acids is 1. The largest absolute Gasteiger partial charge is 0.496 e. The minimum absolute atomic E-state index is 0.214. The molecule has 0 saturated heterocycles. The van der Waals surface area contributed by atoms with Gasteiger partial charge in [0.25, 0.3) is 5.91 Å². The van der Waals surface area contributed by atoms with Gasteiger partial charge in [-0.2, -0.15) is 0 Å². The quantitative estimate of drug-likeness (QED) is 0.677. The zero-order valence-corrected chi connectivity index (χ0v) is 16.0. The molecule has 1 aliphatic rings. The highest BCUT2D eigenvalue weighted by Crippen LogP contribution is 2.33. The molecule has 1 unspecified atom stereocenters. The Balaban J connectivity index is 1.44. The van der Waals surface area contributed by atoms with Crippen LogP contribution in [0.1, 0.15) is 12.0 Å². The molecule has 0 bridgehead atoms. The van der Waals surface area contributed by atoms with E-state index in [0.29, 0.717) is 33.4 Å². The van der Waals surface area contributed by atoms with Crippen molar-refractivity contribution in [2.45, 2.75) is 12.5 Å². The third kappa shape index (κ3) is 4.09.